The molecule has 10 nitrogen and oxygen atoms in total. The summed E-state index contributed by atoms with van der Waals surface area (Å²) in [4.78, 5) is 19.9. The van der Waals surface area contributed by atoms with E-state index in [9.17, 15) is 13.2 Å². The third-order valence-electron chi connectivity index (χ3n) is 4.01. The summed E-state index contributed by atoms with van der Waals surface area (Å²) in [6.07, 6.45) is 0. The molecule has 174 valence electrons. The maximum absolute atomic E-state index is 12.7. The normalized spacial score (nSPS) is 10.9. The summed E-state index contributed by atoms with van der Waals surface area (Å²) < 4.78 is 43.0. The number of halogens is 2. The molecule has 1 heterocycles. The van der Waals surface area contributed by atoms with Crippen LogP contribution >= 0.6 is 23.2 Å². The third-order valence-corrected chi connectivity index (χ3v) is 5.91. The molecule has 3 rings (SSSR count). The quantitative estimate of drug-likeness (QED) is 0.444. The van der Waals surface area contributed by atoms with Crippen LogP contribution in [0.15, 0.2) is 53.4 Å². The summed E-state index contributed by atoms with van der Waals surface area (Å²) in [5, 5.41) is 3.32. The highest BCUT2D eigenvalue weighted by molar-refractivity contribution is 7.92. The van der Waals surface area contributed by atoms with E-state index in [4.69, 9.17) is 37.4 Å². The molecule has 3 aromatic rings. The van der Waals surface area contributed by atoms with Gasteiger partial charge in [0.15, 0.2) is 12.4 Å². The predicted octanol–water partition coefficient (Wildman–Crippen LogP) is 3.62. The van der Waals surface area contributed by atoms with Crippen molar-refractivity contribution < 1.29 is 27.4 Å². The number of nitrogens with one attached hydrogen (secondary N) is 2. The third kappa shape index (κ3) is 6.60. The number of rotatable bonds is 9. The van der Waals surface area contributed by atoms with E-state index in [-0.39, 0.29) is 34.2 Å². The molecule has 2 aromatic carbocycles. The summed E-state index contributed by atoms with van der Waals surface area (Å²) in [7, 11) is -1.26. The van der Waals surface area contributed by atoms with Gasteiger partial charge in [-0.05, 0) is 42.5 Å². The van der Waals surface area contributed by atoms with Crippen LogP contribution in [-0.4, -0.2) is 45.1 Å². The number of amides is 1. The van der Waals surface area contributed by atoms with Crippen LogP contribution in [0.3, 0.4) is 0 Å². The van der Waals surface area contributed by atoms with Gasteiger partial charge in [-0.25, -0.2) is 8.42 Å². The number of carbonyl (C=O) groups excluding carboxylic acids is 1. The Labute approximate surface area is 199 Å². The summed E-state index contributed by atoms with van der Waals surface area (Å²) >= 11 is 11.8. The molecular weight excluding hydrogens is 495 g/mol. The summed E-state index contributed by atoms with van der Waals surface area (Å²) in [6, 6.07) is 11.4. The molecule has 0 unspecified atom stereocenters. The monoisotopic (exact) mass is 512 g/mol. The molecule has 0 fully saturated rings. The van der Waals surface area contributed by atoms with Gasteiger partial charge in [-0.2, -0.15) is 9.97 Å². The van der Waals surface area contributed by atoms with Crippen LogP contribution in [0.2, 0.25) is 10.0 Å². The molecule has 0 radical (unpaired) electrons. The second kappa shape index (κ2) is 10.6. The van der Waals surface area contributed by atoms with Gasteiger partial charge < -0.3 is 19.5 Å². The zero-order chi connectivity index (χ0) is 24.0. The average molecular weight is 513 g/mol. The average Bonchev–Trinajstić information content (AvgIpc) is 2.78. The van der Waals surface area contributed by atoms with E-state index in [1.807, 2.05) is 0 Å². The maximum Gasteiger partial charge on any atom is 0.321 e. The number of ether oxygens (including phenoxy) is 3. The van der Waals surface area contributed by atoms with Crippen molar-refractivity contribution in [1.82, 2.24) is 9.97 Å². The Morgan fingerprint density at radius 1 is 1.00 bits per heavy atom. The second-order valence-corrected chi connectivity index (χ2v) is 8.85. The fourth-order valence-corrected chi connectivity index (χ4v) is 3.95. The van der Waals surface area contributed by atoms with Crippen LogP contribution in [0.1, 0.15) is 0 Å². The number of sulfonamides is 1. The fraction of sp³-hybridized carbons (Fsp3) is 0.150. The lowest BCUT2D eigenvalue weighted by molar-refractivity contribution is -0.118. The molecule has 13 heteroatoms. The second-order valence-electron chi connectivity index (χ2n) is 6.32. The smallest absolute Gasteiger partial charge is 0.321 e. The lowest BCUT2D eigenvalue weighted by Gasteiger charge is -2.11. The minimum Gasteiger partial charge on any atom is -0.482 e. The zero-order valence-corrected chi connectivity index (χ0v) is 19.7. The molecular formula is C20H18Cl2N4O6S. The van der Waals surface area contributed by atoms with Crippen molar-refractivity contribution in [3.8, 4) is 17.6 Å². The van der Waals surface area contributed by atoms with E-state index in [2.05, 4.69) is 20.0 Å². The van der Waals surface area contributed by atoms with Gasteiger partial charge in [-0.1, -0.05) is 23.2 Å². The molecule has 1 aromatic heterocycles. The SMILES string of the molecule is COc1cc(NS(=O)(=O)c2ccc(NC(=O)COc3ccc(Cl)cc3Cl)cc2)nc(OC)n1. The van der Waals surface area contributed by atoms with Crippen LogP contribution in [0.25, 0.3) is 0 Å². The standard InChI is InChI=1S/C20H18Cl2N4O6S/c1-30-19-10-17(24-20(25-19)31-2)26-33(28,29)14-6-4-13(5-7-14)23-18(27)11-32-16-8-3-12(21)9-15(16)22/h3-10H,11H2,1-2H3,(H,23,27)(H,24,25,26). The Kier molecular flexibility index (Phi) is 7.79. The lowest BCUT2D eigenvalue weighted by atomic mass is 10.3. The van der Waals surface area contributed by atoms with E-state index in [1.165, 1.54) is 50.6 Å². The Morgan fingerprint density at radius 3 is 2.36 bits per heavy atom. The Morgan fingerprint density at radius 2 is 1.73 bits per heavy atom. The highest BCUT2D eigenvalue weighted by atomic mass is 35.5. The Bertz CT molecular complexity index is 1230. The van der Waals surface area contributed by atoms with Gasteiger partial charge in [0, 0.05) is 16.8 Å². The van der Waals surface area contributed by atoms with Crippen molar-refractivity contribution in [3.05, 3.63) is 58.6 Å². The topological polar surface area (TPSA) is 129 Å². The van der Waals surface area contributed by atoms with Crippen LogP contribution in [-0.2, 0) is 14.8 Å². The van der Waals surface area contributed by atoms with E-state index < -0.39 is 15.9 Å². The molecule has 0 saturated heterocycles. The van der Waals surface area contributed by atoms with Crippen molar-refractivity contribution in [3.63, 3.8) is 0 Å². The minimum absolute atomic E-state index is 0.0333. The highest BCUT2D eigenvalue weighted by Crippen LogP contribution is 2.27. The molecule has 0 aliphatic rings. The van der Waals surface area contributed by atoms with E-state index >= 15 is 0 Å². The van der Waals surface area contributed by atoms with Crippen LogP contribution in [0.4, 0.5) is 11.5 Å². The van der Waals surface area contributed by atoms with Crippen LogP contribution < -0.4 is 24.2 Å². The lowest BCUT2D eigenvalue weighted by Crippen LogP contribution is -2.20. The molecule has 0 bridgehead atoms. The minimum atomic E-state index is -3.98. The van der Waals surface area contributed by atoms with Crippen molar-refractivity contribution >= 4 is 50.6 Å². The summed E-state index contributed by atoms with van der Waals surface area (Å²) in [5.74, 6) is -0.0644. The molecule has 0 atom stereocenters. The summed E-state index contributed by atoms with van der Waals surface area (Å²) in [5.41, 5.74) is 0.370. The number of methoxy groups -OCH3 is 2. The molecule has 0 spiro atoms. The van der Waals surface area contributed by atoms with Crippen molar-refractivity contribution in [2.45, 2.75) is 4.90 Å². The van der Waals surface area contributed by atoms with Crippen molar-refractivity contribution in [1.29, 1.82) is 0 Å². The van der Waals surface area contributed by atoms with Gasteiger partial charge in [0.2, 0.25) is 5.88 Å². The first-order chi connectivity index (χ1) is 15.7. The first-order valence-electron chi connectivity index (χ1n) is 9.18. The van der Waals surface area contributed by atoms with Gasteiger partial charge in [0.25, 0.3) is 15.9 Å². The van der Waals surface area contributed by atoms with Gasteiger partial charge in [0.05, 0.1) is 24.1 Å². The first-order valence-corrected chi connectivity index (χ1v) is 11.4. The van der Waals surface area contributed by atoms with Gasteiger partial charge in [-0.15, -0.1) is 0 Å². The predicted molar refractivity (Wildman–Crippen MR) is 123 cm³/mol. The largest absolute Gasteiger partial charge is 0.482 e. The number of nitrogens with zero attached hydrogens (tertiary/aromatic N) is 2. The molecule has 1 amide bonds. The Balaban J connectivity index is 1.63. The fourth-order valence-electron chi connectivity index (χ4n) is 2.50. The van der Waals surface area contributed by atoms with Crippen LogP contribution in [0, 0.1) is 0 Å². The number of carbonyl (C=O) groups is 1. The number of anilines is 2. The van der Waals surface area contributed by atoms with Crippen molar-refractivity contribution in [2.75, 3.05) is 30.9 Å². The molecule has 0 aliphatic carbocycles. The Hall–Kier alpha value is -3.28. The van der Waals surface area contributed by atoms with Crippen LogP contribution in [0.5, 0.6) is 17.6 Å². The molecule has 33 heavy (non-hydrogen) atoms. The highest BCUT2D eigenvalue weighted by Gasteiger charge is 2.17. The zero-order valence-electron chi connectivity index (χ0n) is 17.3. The number of aromatic nitrogens is 2. The number of benzene rings is 2. The maximum atomic E-state index is 12.7. The first kappa shape index (κ1) is 24.4. The van der Waals surface area contributed by atoms with E-state index in [0.717, 1.165) is 0 Å². The van der Waals surface area contributed by atoms with E-state index in [1.54, 1.807) is 12.1 Å². The molecule has 0 saturated carbocycles. The van der Waals surface area contributed by atoms with Gasteiger partial charge >= 0.3 is 6.01 Å². The molecule has 0 aliphatic heterocycles. The molecule has 2 N–H and O–H groups in total. The van der Waals surface area contributed by atoms with Gasteiger partial charge in [0.1, 0.15) is 5.75 Å². The summed E-state index contributed by atoms with van der Waals surface area (Å²) in [6.45, 7) is -0.305. The number of hydrogen-bond donors (Lipinski definition) is 2. The van der Waals surface area contributed by atoms with Crippen molar-refractivity contribution in [2.24, 2.45) is 0 Å². The van der Waals surface area contributed by atoms with E-state index in [0.29, 0.717) is 16.5 Å². The van der Waals surface area contributed by atoms with Gasteiger partial charge in [-0.3, -0.25) is 9.52 Å². The number of hydrogen-bond acceptors (Lipinski definition) is 8.